The van der Waals surface area contributed by atoms with Gasteiger partial charge in [0.15, 0.2) is 16.7 Å². The van der Waals surface area contributed by atoms with Crippen LogP contribution in [-0.2, 0) is 0 Å². The molecule has 1 aliphatic carbocycles. The number of para-hydroxylation sites is 2. The van der Waals surface area contributed by atoms with Gasteiger partial charge in [0.25, 0.3) is 5.56 Å². The highest BCUT2D eigenvalue weighted by Gasteiger charge is 2.22. The zero-order chi connectivity index (χ0) is 18.6. The van der Waals surface area contributed by atoms with Crippen LogP contribution >= 0.6 is 11.8 Å². The van der Waals surface area contributed by atoms with Crippen LogP contribution in [0.5, 0.6) is 5.75 Å². The second-order valence-corrected chi connectivity index (χ2v) is 7.71. The second-order valence-electron chi connectivity index (χ2n) is 6.65. The molecule has 0 aliphatic heterocycles. The molecule has 27 heavy (non-hydrogen) atoms. The molecule has 0 N–H and O–H groups in total. The minimum atomic E-state index is -0.366. The van der Waals surface area contributed by atoms with Gasteiger partial charge in [0.1, 0.15) is 0 Å². The van der Waals surface area contributed by atoms with E-state index in [-0.39, 0.29) is 23.2 Å². The van der Waals surface area contributed by atoms with Crippen molar-refractivity contribution < 1.29 is 9.13 Å². The van der Waals surface area contributed by atoms with E-state index in [4.69, 9.17) is 9.72 Å². The van der Waals surface area contributed by atoms with Crippen molar-refractivity contribution in [3.05, 3.63) is 64.7 Å². The van der Waals surface area contributed by atoms with Gasteiger partial charge in [-0.2, -0.15) is 0 Å². The van der Waals surface area contributed by atoms with Crippen molar-refractivity contribution in [2.75, 3.05) is 12.4 Å². The highest BCUT2D eigenvalue weighted by atomic mass is 32.2. The van der Waals surface area contributed by atoms with Crippen LogP contribution < -0.4 is 10.3 Å². The van der Waals surface area contributed by atoms with Crippen LogP contribution in [0.15, 0.2) is 58.5 Å². The van der Waals surface area contributed by atoms with Gasteiger partial charge in [-0.15, -0.1) is 0 Å². The fraction of sp³-hybridized carbons (Fsp3) is 0.333. The van der Waals surface area contributed by atoms with Crippen molar-refractivity contribution in [2.24, 2.45) is 0 Å². The summed E-state index contributed by atoms with van der Waals surface area (Å²) in [6.07, 6.45) is 4.31. The van der Waals surface area contributed by atoms with Gasteiger partial charge in [-0.05, 0) is 37.1 Å². The summed E-state index contributed by atoms with van der Waals surface area (Å²) in [5, 5.41) is 1.39. The predicted molar refractivity (Wildman–Crippen MR) is 106 cm³/mol. The molecule has 140 valence electrons. The van der Waals surface area contributed by atoms with E-state index in [2.05, 4.69) is 0 Å². The smallest absolute Gasteiger partial charge is 0.262 e. The fourth-order valence-corrected chi connectivity index (χ4v) is 4.44. The topological polar surface area (TPSA) is 44.1 Å². The number of ether oxygens (including phenoxy) is 1. The summed E-state index contributed by atoms with van der Waals surface area (Å²) >= 11 is 1.49. The minimum Gasteiger partial charge on any atom is -0.490 e. The van der Waals surface area contributed by atoms with Gasteiger partial charge in [0.2, 0.25) is 0 Å². The molecule has 4 rings (SSSR count). The Morgan fingerprint density at radius 2 is 1.85 bits per heavy atom. The fourth-order valence-electron chi connectivity index (χ4n) is 3.56. The maximum atomic E-state index is 13.6. The number of hydrogen-bond donors (Lipinski definition) is 0. The van der Waals surface area contributed by atoms with Gasteiger partial charge in [-0.25, -0.2) is 9.37 Å². The van der Waals surface area contributed by atoms with Crippen LogP contribution in [0.25, 0.3) is 10.9 Å². The van der Waals surface area contributed by atoms with Crippen LogP contribution in [0, 0.1) is 5.82 Å². The van der Waals surface area contributed by atoms with Crippen LogP contribution in [0.2, 0.25) is 0 Å². The van der Waals surface area contributed by atoms with Crippen LogP contribution in [-0.4, -0.2) is 21.9 Å². The Hall–Kier alpha value is -2.34. The Morgan fingerprint density at radius 1 is 1.11 bits per heavy atom. The van der Waals surface area contributed by atoms with Gasteiger partial charge in [0.05, 0.1) is 17.5 Å². The number of fused-ring (bicyclic) bond motifs is 1. The summed E-state index contributed by atoms with van der Waals surface area (Å²) in [5.74, 6) is 0.471. The standard InChI is InChI=1S/C21H21FN2O2S/c22-17-10-4-6-12-19(17)26-13-14-27-21-23-18-11-5-3-9-16(18)20(25)24(21)15-7-1-2-8-15/h3-6,9-12,15H,1-2,7-8,13-14H2. The highest BCUT2D eigenvalue weighted by molar-refractivity contribution is 7.99. The molecule has 1 heterocycles. The monoisotopic (exact) mass is 384 g/mol. The van der Waals surface area contributed by atoms with E-state index >= 15 is 0 Å². The molecule has 0 atom stereocenters. The third-order valence-corrected chi connectivity index (χ3v) is 5.79. The van der Waals surface area contributed by atoms with Crippen molar-refractivity contribution in [1.29, 1.82) is 0 Å². The molecule has 0 spiro atoms. The SMILES string of the molecule is O=c1c2ccccc2nc(SCCOc2ccccc2F)n1C1CCCC1. The lowest BCUT2D eigenvalue weighted by atomic mass is 10.2. The Labute approximate surface area is 161 Å². The number of thioether (sulfide) groups is 1. The number of rotatable bonds is 6. The lowest BCUT2D eigenvalue weighted by Crippen LogP contribution is -2.26. The Balaban J connectivity index is 1.55. The molecule has 0 bridgehead atoms. The summed E-state index contributed by atoms with van der Waals surface area (Å²) in [6, 6.07) is 14.1. The molecule has 3 aromatic rings. The zero-order valence-corrected chi connectivity index (χ0v) is 15.8. The van der Waals surface area contributed by atoms with Gasteiger partial charge < -0.3 is 4.74 Å². The summed E-state index contributed by atoms with van der Waals surface area (Å²) in [6.45, 7) is 0.346. The Kier molecular flexibility index (Phi) is 5.43. The molecule has 4 nitrogen and oxygen atoms in total. The third-order valence-electron chi connectivity index (χ3n) is 4.87. The largest absolute Gasteiger partial charge is 0.490 e. The molecule has 2 aromatic carbocycles. The van der Waals surface area contributed by atoms with Crippen LogP contribution in [0.4, 0.5) is 4.39 Å². The summed E-state index contributed by atoms with van der Waals surface area (Å²) in [7, 11) is 0. The van der Waals surface area contributed by atoms with E-state index in [9.17, 15) is 9.18 Å². The highest BCUT2D eigenvalue weighted by Crippen LogP contribution is 2.32. The van der Waals surface area contributed by atoms with Crippen molar-refractivity contribution >= 4 is 22.7 Å². The van der Waals surface area contributed by atoms with Crippen molar-refractivity contribution in [2.45, 2.75) is 36.9 Å². The summed E-state index contributed by atoms with van der Waals surface area (Å²) in [5.41, 5.74) is 0.749. The first-order chi connectivity index (χ1) is 13.2. The average molecular weight is 384 g/mol. The lowest BCUT2D eigenvalue weighted by molar-refractivity contribution is 0.324. The zero-order valence-electron chi connectivity index (χ0n) is 14.9. The molecule has 1 aromatic heterocycles. The first kappa shape index (κ1) is 18.0. The number of halogens is 1. The van der Waals surface area contributed by atoms with Gasteiger partial charge in [0, 0.05) is 11.8 Å². The van der Waals surface area contributed by atoms with Crippen molar-refractivity contribution in [3.8, 4) is 5.75 Å². The van der Waals surface area contributed by atoms with E-state index in [1.807, 2.05) is 28.8 Å². The van der Waals surface area contributed by atoms with E-state index in [0.29, 0.717) is 23.3 Å². The Morgan fingerprint density at radius 3 is 2.67 bits per heavy atom. The van der Waals surface area contributed by atoms with Crippen LogP contribution in [0.1, 0.15) is 31.7 Å². The maximum absolute atomic E-state index is 13.6. The predicted octanol–water partition coefficient (Wildman–Crippen LogP) is 4.82. The molecule has 0 unspecified atom stereocenters. The summed E-state index contributed by atoms with van der Waals surface area (Å²) < 4.78 is 21.0. The molecular formula is C21H21FN2O2S. The minimum absolute atomic E-state index is 0.0324. The van der Waals surface area contributed by atoms with Crippen molar-refractivity contribution in [3.63, 3.8) is 0 Å². The number of benzene rings is 2. The number of aromatic nitrogens is 2. The third kappa shape index (κ3) is 3.86. The van der Waals surface area contributed by atoms with E-state index in [1.165, 1.54) is 17.8 Å². The maximum Gasteiger partial charge on any atom is 0.262 e. The first-order valence-electron chi connectivity index (χ1n) is 9.25. The second kappa shape index (κ2) is 8.13. The molecule has 1 aliphatic rings. The molecule has 1 fully saturated rings. The van der Waals surface area contributed by atoms with Crippen molar-refractivity contribution in [1.82, 2.24) is 9.55 Å². The number of hydrogen-bond acceptors (Lipinski definition) is 4. The quantitative estimate of drug-likeness (QED) is 0.347. The number of nitrogens with zero attached hydrogens (tertiary/aromatic N) is 2. The van der Waals surface area contributed by atoms with Gasteiger partial charge in [-0.1, -0.05) is 48.9 Å². The summed E-state index contributed by atoms with van der Waals surface area (Å²) in [4.78, 5) is 17.8. The molecule has 0 amide bonds. The van der Waals surface area contributed by atoms with Gasteiger partial charge in [-0.3, -0.25) is 9.36 Å². The molecule has 6 heteroatoms. The average Bonchev–Trinajstić information content (AvgIpc) is 3.21. The van der Waals surface area contributed by atoms with E-state index < -0.39 is 0 Å². The lowest BCUT2D eigenvalue weighted by Gasteiger charge is -2.18. The molecule has 1 saturated carbocycles. The molecular weight excluding hydrogens is 363 g/mol. The normalized spacial score (nSPS) is 14.7. The Bertz CT molecular complexity index is 999. The van der Waals surface area contributed by atoms with E-state index in [1.54, 1.807) is 18.2 Å². The van der Waals surface area contributed by atoms with Gasteiger partial charge >= 0.3 is 0 Å². The molecule has 0 radical (unpaired) electrons. The molecule has 0 saturated heterocycles. The van der Waals surface area contributed by atoms with Crippen LogP contribution in [0.3, 0.4) is 0 Å². The first-order valence-corrected chi connectivity index (χ1v) is 10.2. The van der Waals surface area contributed by atoms with E-state index in [0.717, 1.165) is 30.8 Å².